The summed E-state index contributed by atoms with van der Waals surface area (Å²) in [5.74, 6) is -0.773. The third kappa shape index (κ3) is 2.26. The maximum atomic E-state index is 11.6. The molecular formula is C18H11ClN2O3. The lowest BCUT2D eigenvalue weighted by atomic mass is 10.1. The number of aromatic nitrogens is 2. The monoisotopic (exact) mass is 338 g/mol. The number of nitrogens with one attached hydrogen (secondary N) is 1. The Kier molecular flexibility index (Phi) is 3.36. The number of hydrogen-bond donors (Lipinski definition) is 2. The van der Waals surface area contributed by atoms with Gasteiger partial charge in [-0.05, 0) is 18.2 Å². The number of fused-ring (bicyclic) bond motifs is 1. The largest absolute Gasteiger partial charge is 0.476 e. The molecule has 0 spiro atoms. The van der Waals surface area contributed by atoms with Crippen LogP contribution in [-0.4, -0.2) is 21.0 Å². The number of carboxylic acid groups (broad SMARTS) is 1. The van der Waals surface area contributed by atoms with E-state index in [1.54, 1.807) is 30.5 Å². The first-order valence-corrected chi connectivity index (χ1v) is 7.58. The molecule has 0 saturated carbocycles. The number of halogens is 1. The van der Waals surface area contributed by atoms with Crippen LogP contribution in [-0.2, 0) is 0 Å². The van der Waals surface area contributed by atoms with Gasteiger partial charge in [-0.15, -0.1) is 0 Å². The third-order valence-electron chi connectivity index (χ3n) is 3.77. The summed E-state index contributed by atoms with van der Waals surface area (Å²) in [6.07, 6.45) is 1.72. The van der Waals surface area contributed by atoms with Crippen molar-refractivity contribution in [2.45, 2.75) is 0 Å². The van der Waals surface area contributed by atoms with E-state index in [4.69, 9.17) is 16.0 Å². The molecule has 0 radical (unpaired) electrons. The molecule has 2 heterocycles. The zero-order chi connectivity index (χ0) is 16.7. The zero-order valence-corrected chi connectivity index (χ0v) is 13.0. The Morgan fingerprint density at radius 1 is 1.08 bits per heavy atom. The fourth-order valence-electron chi connectivity index (χ4n) is 2.66. The number of hydrogen-bond acceptors (Lipinski definition) is 3. The number of aromatic carboxylic acids is 1. The van der Waals surface area contributed by atoms with Crippen molar-refractivity contribution >= 4 is 28.5 Å². The molecule has 2 aromatic heterocycles. The average molecular weight is 339 g/mol. The summed E-state index contributed by atoms with van der Waals surface area (Å²) in [5, 5.41) is 10.8. The van der Waals surface area contributed by atoms with Crippen molar-refractivity contribution in [3.8, 4) is 22.8 Å². The molecule has 24 heavy (non-hydrogen) atoms. The molecule has 4 rings (SSSR count). The van der Waals surface area contributed by atoms with E-state index in [0.717, 1.165) is 10.9 Å². The number of rotatable bonds is 3. The van der Waals surface area contributed by atoms with Gasteiger partial charge in [0.1, 0.15) is 0 Å². The van der Waals surface area contributed by atoms with E-state index in [-0.39, 0.29) is 17.3 Å². The van der Waals surface area contributed by atoms with Gasteiger partial charge in [-0.3, -0.25) is 0 Å². The minimum absolute atomic E-state index is 0.144. The molecule has 0 aliphatic rings. The number of H-pyrrole nitrogens is 1. The van der Waals surface area contributed by atoms with Crippen LogP contribution >= 0.6 is 11.6 Å². The van der Waals surface area contributed by atoms with Crippen LogP contribution in [0, 0.1) is 0 Å². The maximum absolute atomic E-state index is 11.6. The number of carboxylic acids is 1. The third-order valence-corrected chi connectivity index (χ3v) is 4.10. The van der Waals surface area contributed by atoms with Crippen LogP contribution in [0.2, 0.25) is 5.02 Å². The molecule has 118 valence electrons. The SMILES string of the molecule is O=C(O)c1nc(-c2ccccc2Cl)oc1-c1c[nH]c2ccccc12. The van der Waals surface area contributed by atoms with Crippen LogP contribution in [0.3, 0.4) is 0 Å². The molecule has 6 heteroatoms. The Morgan fingerprint density at radius 2 is 1.83 bits per heavy atom. The van der Waals surface area contributed by atoms with E-state index in [9.17, 15) is 9.90 Å². The molecule has 0 aliphatic heterocycles. The van der Waals surface area contributed by atoms with Crippen molar-refractivity contribution in [3.63, 3.8) is 0 Å². The summed E-state index contributed by atoms with van der Waals surface area (Å²) in [5.41, 5.74) is 1.94. The van der Waals surface area contributed by atoms with Gasteiger partial charge in [0, 0.05) is 22.7 Å². The van der Waals surface area contributed by atoms with Gasteiger partial charge < -0.3 is 14.5 Å². The summed E-state index contributed by atoms with van der Waals surface area (Å²) in [7, 11) is 0. The molecule has 0 fully saturated rings. The number of aromatic amines is 1. The standard InChI is InChI=1S/C18H11ClN2O3/c19-13-7-3-1-6-11(13)17-21-15(18(22)23)16(24-17)12-9-20-14-8-4-2-5-10(12)14/h1-9,20H,(H,22,23). The van der Waals surface area contributed by atoms with Crippen molar-refractivity contribution in [1.82, 2.24) is 9.97 Å². The molecule has 0 unspecified atom stereocenters. The molecule has 0 bridgehead atoms. The normalized spacial score (nSPS) is 11.0. The summed E-state index contributed by atoms with van der Waals surface area (Å²) in [4.78, 5) is 18.9. The molecular weight excluding hydrogens is 328 g/mol. The maximum Gasteiger partial charge on any atom is 0.358 e. The Bertz CT molecular complexity index is 1070. The van der Waals surface area contributed by atoms with E-state index in [1.165, 1.54) is 0 Å². The lowest BCUT2D eigenvalue weighted by Gasteiger charge is -1.98. The molecule has 4 aromatic rings. The van der Waals surface area contributed by atoms with Crippen molar-refractivity contribution in [3.05, 3.63) is 65.4 Å². The first-order chi connectivity index (χ1) is 11.6. The molecule has 5 nitrogen and oxygen atoms in total. The van der Waals surface area contributed by atoms with Crippen LogP contribution in [0.5, 0.6) is 0 Å². The average Bonchev–Trinajstić information content (AvgIpc) is 3.19. The van der Waals surface area contributed by atoms with E-state index < -0.39 is 5.97 Å². The first-order valence-electron chi connectivity index (χ1n) is 7.20. The zero-order valence-electron chi connectivity index (χ0n) is 12.3. The second kappa shape index (κ2) is 5.54. The summed E-state index contributed by atoms with van der Waals surface area (Å²) in [6.45, 7) is 0. The Labute approximate surface area is 141 Å². The summed E-state index contributed by atoms with van der Waals surface area (Å²) >= 11 is 6.17. The van der Waals surface area contributed by atoms with Gasteiger partial charge in [0.15, 0.2) is 11.5 Å². The number of para-hydroxylation sites is 1. The quantitative estimate of drug-likeness (QED) is 0.560. The molecule has 2 aromatic carbocycles. The van der Waals surface area contributed by atoms with Gasteiger partial charge in [-0.1, -0.05) is 41.9 Å². The van der Waals surface area contributed by atoms with Crippen LogP contribution in [0.15, 0.2) is 59.1 Å². The second-order valence-corrected chi connectivity index (χ2v) is 5.64. The van der Waals surface area contributed by atoms with Gasteiger partial charge in [-0.2, -0.15) is 0 Å². The van der Waals surface area contributed by atoms with Crippen LogP contribution in [0.25, 0.3) is 33.7 Å². The Morgan fingerprint density at radius 3 is 2.62 bits per heavy atom. The van der Waals surface area contributed by atoms with Gasteiger partial charge in [0.05, 0.1) is 10.6 Å². The number of carbonyl (C=O) groups is 1. The van der Waals surface area contributed by atoms with Gasteiger partial charge in [0.25, 0.3) is 0 Å². The van der Waals surface area contributed by atoms with Crippen LogP contribution < -0.4 is 0 Å². The molecule has 0 saturated heterocycles. The van der Waals surface area contributed by atoms with E-state index in [1.807, 2.05) is 24.3 Å². The van der Waals surface area contributed by atoms with Gasteiger partial charge in [-0.25, -0.2) is 9.78 Å². The highest BCUT2D eigenvalue weighted by Crippen LogP contribution is 2.36. The van der Waals surface area contributed by atoms with Crippen molar-refractivity contribution in [1.29, 1.82) is 0 Å². The topological polar surface area (TPSA) is 79.1 Å². The van der Waals surface area contributed by atoms with E-state index >= 15 is 0 Å². The fourth-order valence-corrected chi connectivity index (χ4v) is 2.87. The highest BCUT2D eigenvalue weighted by Gasteiger charge is 2.24. The number of oxazole rings is 1. The lowest BCUT2D eigenvalue weighted by molar-refractivity contribution is 0.0691. The van der Waals surface area contributed by atoms with Gasteiger partial charge >= 0.3 is 5.97 Å². The van der Waals surface area contributed by atoms with Crippen molar-refractivity contribution in [2.24, 2.45) is 0 Å². The van der Waals surface area contributed by atoms with E-state index in [0.29, 0.717) is 16.1 Å². The predicted molar refractivity (Wildman–Crippen MR) is 91.2 cm³/mol. The Hall–Kier alpha value is -3.05. The lowest BCUT2D eigenvalue weighted by Crippen LogP contribution is -1.98. The van der Waals surface area contributed by atoms with Crippen molar-refractivity contribution < 1.29 is 14.3 Å². The van der Waals surface area contributed by atoms with Crippen molar-refractivity contribution in [2.75, 3.05) is 0 Å². The molecule has 0 aliphatic carbocycles. The van der Waals surface area contributed by atoms with Gasteiger partial charge in [0.2, 0.25) is 5.89 Å². The van der Waals surface area contributed by atoms with Crippen LogP contribution in [0.4, 0.5) is 0 Å². The molecule has 0 atom stereocenters. The minimum atomic E-state index is -1.16. The fraction of sp³-hybridized carbons (Fsp3) is 0. The molecule has 2 N–H and O–H groups in total. The van der Waals surface area contributed by atoms with E-state index in [2.05, 4.69) is 9.97 Å². The highest BCUT2D eigenvalue weighted by molar-refractivity contribution is 6.33. The summed E-state index contributed by atoms with van der Waals surface area (Å²) < 4.78 is 5.80. The van der Waals surface area contributed by atoms with Crippen LogP contribution in [0.1, 0.15) is 10.5 Å². The summed E-state index contributed by atoms with van der Waals surface area (Å²) in [6, 6.07) is 14.6. The predicted octanol–water partition coefficient (Wildman–Crippen LogP) is 4.84. The first kappa shape index (κ1) is 14.5. The number of nitrogens with zero attached hydrogens (tertiary/aromatic N) is 1. The smallest absolute Gasteiger partial charge is 0.358 e. The second-order valence-electron chi connectivity index (χ2n) is 5.23. The Balaban J connectivity index is 1.96. The minimum Gasteiger partial charge on any atom is -0.476 e. The number of benzene rings is 2. The molecule has 0 amide bonds. The highest BCUT2D eigenvalue weighted by atomic mass is 35.5.